The first-order valence-electron chi connectivity index (χ1n) is 15.5. The summed E-state index contributed by atoms with van der Waals surface area (Å²) in [6, 6.07) is 6.12. The second kappa shape index (κ2) is 18.3. The van der Waals surface area contributed by atoms with E-state index in [1.807, 2.05) is 57.5 Å². The highest BCUT2D eigenvalue weighted by molar-refractivity contribution is 7.13. The smallest absolute Gasteiger partial charge is 0.246 e. The molecule has 5 N–H and O–H groups in total. The summed E-state index contributed by atoms with van der Waals surface area (Å²) in [6.45, 7) is 10.6. The molecule has 0 unspecified atom stereocenters. The van der Waals surface area contributed by atoms with Gasteiger partial charge in [-0.3, -0.25) is 14.4 Å². The van der Waals surface area contributed by atoms with Crippen LogP contribution in [0.2, 0.25) is 0 Å². The first-order valence-corrected chi connectivity index (χ1v) is 16.4. The number of nitrogens with one attached hydrogen (secondary N) is 2. The van der Waals surface area contributed by atoms with Crippen LogP contribution in [0.5, 0.6) is 0 Å². The van der Waals surface area contributed by atoms with E-state index in [1.165, 1.54) is 4.90 Å². The number of amides is 3. The lowest BCUT2D eigenvalue weighted by Gasteiger charge is -2.35. The number of nitrogens with zero attached hydrogens (tertiary/aromatic N) is 2. The van der Waals surface area contributed by atoms with Crippen molar-refractivity contribution in [2.24, 2.45) is 11.1 Å². The normalized spacial score (nSPS) is 17.3. The third-order valence-electron chi connectivity index (χ3n) is 7.36. The minimum Gasteiger partial charge on any atom is -0.391 e. The molecule has 1 aromatic carbocycles. The number of β-amino-alcohol motifs (C(OH)–C–C–N with tert-alkyl or cyclic N) is 1. The van der Waals surface area contributed by atoms with E-state index in [9.17, 15) is 19.5 Å². The summed E-state index contributed by atoms with van der Waals surface area (Å²) < 4.78 is 16.3. The number of aliphatic hydroxyl groups excluding tert-OH is 1. The maximum atomic E-state index is 13.7. The zero-order valence-electron chi connectivity index (χ0n) is 26.9. The van der Waals surface area contributed by atoms with Crippen molar-refractivity contribution >= 4 is 29.1 Å². The third-order valence-corrected chi connectivity index (χ3v) is 8.34. The average Bonchev–Trinajstić information content (AvgIpc) is 3.62. The van der Waals surface area contributed by atoms with Crippen molar-refractivity contribution in [3.63, 3.8) is 0 Å². The van der Waals surface area contributed by atoms with Crippen molar-refractivity contribution in [1.29, 1.82) is 0 Å². The number of rotatable bonds is 18. The summed E-state index contributed by atoms with van der Waals surface area (Å²) in [6.07, 6.45) is 0.686. The van der Waals surface area contributed by atoms with E-state index in [0.717, 1.165) is 28.1 Å². The van der Waals surface area contributed by atoms with Gasteiger partial charge in [0.2, 0.25) is 17.7 Å². The van der Waals surface area contributed by atoms with E-state index < -0.39 is 35.4 Å². The van der Waals surface area contributed by atoms with Crippen molar-refractivity contribution in [3.8, 4) is 10.4 Å². The molecule has 3 atom stereocenters. The Morgan fingerprint density at radius 3 is 2.31 bits per heavy atom. The van der Waals surface area contributed by atoms with Gasteiger partial charge in [-0.15, -0.1) is 11.3 Å². The highest BCUT2D eigenvalue weighted by Crippen LogP contribution is 2.28. The highest BCUT2D eigenvalue weighted by Gasteiger charge is 2.44. The maximum absolute atomic E-state index is 13.7. The molecule has 1 aliphatic heterocycles. The molecule has 45 heavy (non-hydrogen) atoms. The van der Waals surface area contributed by atoms with E-state index in [1.54, 1.807) is 11.3 Å². The van der Waals surface area contributed by atoms with Gasteiger partial charge in [-0.25, -0.2) is 4.98 Å². The number of likely N-dealkylation sites (tertiary alicyclic amines) is 1. The van der Waals surface area contributed by atoms with Crippen LogP contribution in [-0.4, -0.2) is 104 Å². The number of hydrogen-bond acceptors (Lipinski definition) is 10. The van der Waals surface area contributed by atoms with Crippen molar-refractivity contribution in [2.75, 3.05) is 52.7 Å². The van der Waals surface area contributed by atoms with Gasteiger partial charge in [-0.05, 0) is 36.3 Å². The minimum absolute atomic E-state index is 0.0118. The first-order chi connectivity index (χ1) is 21.5. The molecule has 1 fully saturated rings. The molecule has 2 heterocycles. The molecule has 0 saturated carbocycles. The lowest BCUT2D eigenvalue weighted by molar-refractivity contribution is -0.144. The molecule has 0 aliphatic carbocycles. The lowest BCUT2D eigenvalue weighted by Crippen LogP contribution is -2.58. The molecule has 250 valence electrons. The van der Waals surface area contributed by atoms with Gasteiger partial charge in [-0.1, -0.05) is 45.0 Å². The molecule has 1 saturated heterocycles. The number of benzene rings is 1. The quantitative estimate of drug-likeness (QED) is 0.177. The molecule has 0 radical (unpaired) electrons. The van der Waals surface area contributed by atoms with Crippen molar-refractivity contribution in [1.82, 2.24) is 20.5 Å². The lowest BCUT2D eigenvalue weighted by atomic mass is 9.85. The summed E-state index contributed by atoms with van der Waals surface area (Å²) in [5.41, 5.74) is 9.48. The molecule has 13 heteroatoms. The highest BCUT2D eigenvalue weighted by atomic mass is 32.1. The summed E-state index contributed by atoms with van der Waals surface area (Å²) in [5.74, 6) is -1.20. The molecule has 0 spiro atoms. The van der Waals surface area contributed by atoms with Crippen molar-refractivity contribution in [3.05, 3.63) is 41.0 Å². The van der Waals surface area contributed by atoms with Crippen LogP contribution >= 0.6 is 11.3 Å². The van der Waals surface area contributed by atoms with Crippen LogP contribution in [0.3, 0.4) is 0 Å². The monoisotopic (exact) mass is 647 g/mol. The number of carbonyl (C=O) groups is 3. The topological polar surface area (TPSA) is 165 Å². The van der Waals surface area contributed by atoms with Crippen LogP contribution < -0.4 is 16.4 Å². The molecular formula is C32H49N5O7S. The minimum atomic E-state index is -0.915. The van der Waals surface area contributed by atoms with Gasteiger partial charge < -0.3 is 40.6 Å². The Hall–Kier alpha value is -2.94. The Morgan fingerprint density at radius 2 is 1.71 bits per heavy atom. The Morgan fingerprint density at radius 1 is 1.07 bits per heavy atom. The standard InChI is InChI=1S/C32H49N5O7S/c1-22-28(45-21-35-22)24-9-7-23(8-10-24)18-34-30(40)26-17-25(38)19-37(26)31(41)29(32(2,3)4)36-27(39)20-44-15-6-13-42-12-5-14-43-16-11-33/h7-10,21,25-26,29,38H,5-6,11-20,33H2,1-4H3,(H,34,40)(H,36,39)/t25-,26+,29-/m0/s1. The Labute approximate surface area is 270 Å². The van der Waals surface area contributed by atoms with E-state index in [0.29, 0.717) is 46.0 Å². The predicted molar refractivity (Wildman–Crippen MR) is 172 cm³/mol. The number of aromatic nitrogens is 1. The molecule has 2 aromatic rings. The summed E-state index contributed by atoms with van der Waals surface area (Å²) in [7, 11) is 0. The van der Waals surface area contributed by atoms with Crippen LogP contribution in [0, 0.1) is 12.3 Å². The summed E-state index contributed by atoms with van der Waals surface area (Å²) >= 11 is 1.58. The van der Waals surface area contributed by atoms with Crippen LogP contribution in [-0.2, 0) is 35.1 Å². The Balaban J connectivity index is 1.47. The maximum Gasteiger partial charge on any atom is 0.246 e. The number of carbonyl (C=O) groups excluding carboxylic acids is 3. The van der Waals surface area contributed by atoms with Gasteiger partial charge in [0.1, 0.15) is 18.7 Å². The number of thiazole rings is 1. The van der Waals surface area contributed by atoms with E-state index in [-0.39, 0.29) is 32.0 Å². The SMILES string of the molecule is Cc1ncsc1-c1ccc(CNC(=O)[C@H]2C[C@H](O)CN2C(=O)[C@H](NC(=O)COCCCOCCCOCCN)C(C)(C)C)cc1. The first kappa shape index (κ1) is 36.5. The van der Waals surface area contributed by atoms with E-state index in [2.05, 4.69) is 15.6 Å². The van der Waals surface area contributed by atoms with Gasteiger partial charge >= 0.3 is 0 Å². The molecular weight excluding hydrogens is 598 g/mol. The largest absolute Gasteiger partial charge is 0.391 e. The number of aliphatic hydroxyl groups is 1. The fraction of sp³-hybridized carbons (Fsp3) is 0.625. The van der Waals surface area contributed by atoms with Crippen LogP contribution in [0.25, 0.3) is 10.4 Å². The molecule has 0 bridgehead atoms. The number of aryl methyl sites for hydroxylation is 1. The predicted octanol–water partition coefficient (Wildman–Crippen LogP) is 2.02. The Kier molecular flexibility index (Phi) is 14.8. The number of hydrogen-bond donors (Lipinski definition) is 4. The fourth-order valence-electron chi connectivity index (χ4n) is 4.96. The van der Waals surface area contributed by atoms with Gasteiger partial charge in [-0.2, -0.15) is 0 Å². The van der Waals surface area contributed by atoms with Gasteiger partial charge in [0, 0.05) is 52.5 Å². The van der Waals surface area contributed by atoms with Gasteiger partial charge in [0.25, 0.3) is 0 Å². The number of ether oxygens (including phenoxy) is 3. The molecule has 1 aliphatic rings. The van der Waals surface area contributed by atoms with Crippen LogP contribution in [0.1, 0.15) is 51.3 Å². The Bertz CT molecular complexity index is 1220. The number of nitrogens with two attached hydrogens (primary N) is 1. The third kappa shape index (κ3) is 11.7. The molecule has 3 rings (SSSR count). The van der Waals surface area contributed by atoms with Crippen molar-refractivity contribution in [2.45, 2.75) is 71.7 Å². The van der Waals surface area contributed by atoms with Gasteiger partial charge in [0.15, 0.2) is 0 Å². The second-order valence-corrected chi connectivity index (χ2v) is 13.1. The molecule has 1 aromatic heterocycles. The second-order valence-electron chi connectivity index (χ2n) is 12.2. The van der Waals surface area contributed by atoms with Gasteiger partial charge in [0.05, 0.1) is 28.8 Å². The molecule has 12 nitrogen and oxygen atoms in total. The van der Waals surface area contributed by atoms with E-state index in [4.69, 9.17) is 19.9 Å². The summed E-state index contributed by atoms with van der Waals surface area (Å²) in [4.78, 5) is 46.5. The molecule has 3 amide bonds. The summed E-state index contributed by atoms with van der Waals surface area (Å²) in [5, 5.41) is 16.1. The van der Waals surface area contributed by atoms with Crippen LogP contribution in [0.4, 0.5) is 0 Å². The van der Waals surface area contributed by atoms with Crippen LogP contribution in [0.15, 0.2) is 29.8 Å². The van der Waals surface area contributed by atoms with Crippen molar-refractivity contribution < 1.29 is 33.7 Å². The average molecular weight is 648 g/mol. The fourth-order valence-corrected chi connectivity index (χ4v) is 5.77. The zero-order valence-corrected chi connectivity index (χ0v) is 27.7. The zero-order chi connectivity index (χ0) is 32.8. The van der Waals surface area contributed by atoms with E-state index >= 15 is 0 Å².